The number of thioether (sulfide) groups is 2. The Balaban J connectivity index is 1.88. The maximum absolute atomic E-state index is 13.2. The van der Waals surface area contributed by atoms with E-state index >= 15 is 0 Å². The smallest absolute Gasteiger partial charge is 0.197 e. The van der Waals surface area contributed by atoms with Crippen molar-refractivity contribution >= 4 is 35.1 Å². The minimum absolute atomic E-state index is 0.0106. The first-order valence-electron chi connectivity index (χ1n) is 9.25. The van der Waals surface area contributed by atoms with Gasteiger partial charge in [0.2, 0.25) is 0 Å². The summed E-state index contributed by atoms with van der Waals surface area (Å²) in [6.45, 7) is 5.93. The second kappa shape index (κ2) is 8.97. The summed E-state index contributed by atoms with van der Waals surface area (Å²) in [4.78, 5) is 27.3. The highest BCUT2D eigenvalue weighted by atomic mass is 32.2. The molecule has 0 unspecified atom stereocenters. The Hall–Kier alpha value is -2.04. The molecule has 0 saturated heterocycles. The van der Waals surface area contributed by atoms with Crippen LogP contribution in [-0.4, -0.2) is 11.6 Å². The second-order valence-electron chi connectivity index (χ2n) is 7.71. The minimum Gasteiger partial charge on any atom is -0.289 e. The van der Waals surface area contributed by atoms with E-state index in [2.05, 4.69) is 0 Å². The van der Waals surface area contributed by atoms with Gasteiger partial charge in [-0.3, -0.25) is 9.59 Å². The average Bonchev–Trinajstić information content (AvgIpc) is 2.68. The monoisotopic (exact) mass is 408 g/mol. The molecule has 0 saturated carbocycles. The number of hydrogen-bond donors (Lipinski definition) is 0. The molecule has 0 aliphatic heterocycles. The predicted octanol–water partition coefficient (Wildman–Crippen LogP) is 6.19. The minimum atomic E-state index is -0.360. The summed E-state index contributed by atoms with van der Waals surface area (Å²) in [5, 5.41) is 0. The molecule has 28 heavy (non-hydrogen) atoms. The van der Waals surface area contributed by atoms with Crippen LogP contribution < -0.4 is 0 Å². The van der Waals surface area contributed by atoms with Crippen molar-refractivity contribution in [2.75, 3.05) is 0 Å². The van der Waals surface area contributed by atoms with E-state index in [1.165, 1.54) is 23.5 Å². The van der Waals surface area contributed by atoms with E-state index in [0.717, 1.165) is 11.1 Å². The van der Waals surface area contributed by atoms with Crippen LogP contribution in [0.4, 0.5) is 0 Å². The molecule has 0 bridgehead atoms. The lowest BCUT2D eigenvalue weighted by Gasteiger charge is -2.26. The van der Waals surface area contributed by atoms with E-state index in [4.69, 9.17) is 0 Å². The molecule has 2 aromatic rings. The molecule has 4 heteroatoms. The van der Waals surface area contributed by atoms with Gasteiger partial charge in [0.1, 0.15) is 0 Å². The number of Topliss-reactive ketones (excluding diaryl/α,β-unsaturated/α-hetero) is 1. The van der Waals surface area contributed by atoms with E-state index in [-0.39, 0.29) is 17.0 Å². The van der Waals surface area contributed by atoms with Gasteiger partial charge in [-0.2, -0.15) is 0 Å². The maximum Gasteiger partial charge on any atom is 0.197 e. The first-order valence-corrected chi connectivity index (χ1v) is 11.2. The lowest BCUT2D eigenvalue weighted by Crippen LogP contribution is -2.25. The zero-order valence-corrected chi connectivity index (χ0v) is 18.0. The first kappa shape index (κ1) is 20.7. The van der Waals surface area contributed by atoms with E-state index < -0.39 is 0 Å². The fourth-order valence-electron chi connectivity index (χ4n) is 2.88. The van der Waals surface area contributed by atoms with Crippen LogP contribution in [-0.2, 0) is 21.1 Å². The predicted molar refractivity (Wildman–Crippen MR) is 120 cm³/mol. The van der Waals surface area contributed by atoms with Crippen LogP contribution in [0, 0.1) is 5.41 Å². The van der Waals surface area contributed by atoms with Crippen molar-refractivity contribution in [1.82, 2.24) is 0 Å². The molecule has 0 heterocycles. The summed E-state index contributed by atoms with van der Waals surface area (Å²) in [6.07, 6.45) is 1.54. The fraction of sp³-hybridized carbons (Fsp3) is 0.250. The van der Waals surface area contributed by atoms with Crippen LogP contribution in [0.15, 0.2) is 82.1 Å². The Kier molecular flexibility index (Phi) is 6.63. The van der Waals surface area contributed by atoms with E-state index in [0.29, 0.717) is 26.9 Å². The van der Waals surface area contributed by atoms with Gasteiger partial charge in [-0.25, -0.2) is 0 Å². The van der Waals surface area contributed by atoms with Gasteiger partial charge in [0.05, 0.1) is 9.81 Å². The molecule has 0 atom stereocenters. The molecule has 2 nitrogen and oxygen atoms in total. The molecule has 0 N–H and O–H groups in total. The standard InChI is InChI=1S/C24H24O2S2/c1-24(2,3)19-14-20(25)22(27-15-17-10-6-4-7-11-17)23(21(19)26)28-16-18-12-8-5-9-13-18/h4-14H,15-16H2,1-3H3. The molecule has 0 amide bonds. The SMILES string of the molecule is CC(C)(C)C1=CC(=O)C(SCc2ccccc2)=C(SCc2ccccc2)C1=O. The Bertz CT molecular complexity index is 920. The molecule has 1 aliphatic carbocycles. The van der Waals surface area contributed by atoms with Crippen LogP contribution in [0.5, 0.6) is 0 Å². The van der Waals surface area contributed by atoms with Gasteiger partial charge in [0.15, 0.2) is 11.6 Å². The van der Waals surface area contributed by atoms with Gasteiger partial charge in [-0.1, -0.05) is 81.4 Å². The third-order valence-electron chi connectivity index (χ3n) is 4.42. The lowest BCUT2D eigenvalue weighted by atomic mass is 9.81. The van der Waals surface area contributed by atoms with Gasteiger partial charge in [-0.15, -0.1) is 23.5 Å². The van der Waals surface area contributed by atoms with Crippen LogP contribution in [0.25, 0.3) is 0 Å². The zero-order chi connectivity index (χ0) is 20.1. The normalized spacial score (nSPS) is 15.0. The number of carbonyl (C=O) groups excluding carboxylic acids is 2. The van der Waals surface area contributed by atoms with Gasteiger partial charge in [0, 0.05) is 17.1 Å². The number of hydrogen-bond acceptors (Lipinski definition) is 4. The van der Waals surface area contributed by atoms with Gasteiger partial charge in [-0.05, 0) is 22.6 Å². The van der Waals surface area contributed by atoms with Crippen molar-refractivity contribution in [3.8, 4) is 0 Å². The van der Waals surface area contributed by atoms with E-state index in [1.807, 2.05) is 81.4 Å². The molecule has 0 fully saturated rings. The van der Waals surface area contributed by atoms with E-state index in [9.17, 15) is 9.59 Å². The quantitative estimate of drug-likeness (QED) is 0.534. The Morgan fingerprint density at radius 2 is 1.18 bits per heavy atom. The van der Waals surface area contributed by atoms with Crippen LogP contribution in [0.2, 0.25) is 0 Å². The van der Waals surface area contributed by atoms with Crippen molar-refractivity contribution in [1.29, 1.82) is 0 Å². The largest absolute Gasteiger partial charge is 0.289 e. The topological polar surface area (TPSA) is 34.1 Å². The summed E-state index contributed by atoms with van der Waals surface area (Å²) in [7, 11) is 0. The molecule has 0 aromatic heterocycles. The van der Waals surface area contributed by atoms with Crippen molar-refractivity contribution in [3.63, 3.8) is 0 Å². The number of rotatable bonds is 6. The molecule has 0 radical (unpaired) electrons. The van der Waals surface area contributed by atoms with Crippen molar-refractivity contribution in [3.05, 3.63) is 93.2 Å². The molecular weight excluding hydrogens is 384 g/mol. The number of ketones is 2. The number of allylic oxidation sites excluding steroid dienone is 4. The summed E-state index contributed by atoms with van der Waals surface area (Å²) in [6, 6.07) is 20.1. The zero-order valence-electron chi connectivity index (χ0n) is 16.4. The van der Waals surface area contributed by atoms with Crippen LogP contribution >= 0.6 is 23.5 Å². The first-order chi connectivity index (χ1) is 13.4. The summed E-state index contributed by atoms with van der Waals surface area (Å²) in [5.74, 6) is 1.27. The van der Waals surface area contributed by atoms with Gasteiger partial charge < -0.3 is 0 Å². The van der Waals surface area contributed by atoms with Crippen LogP contribution in [0.3, 0.4) is 0 Å². The number of carbonyl (C=O) groups is 2. The van der Waals surface area contributed by atoms with Crippen molar-refractivity contribution < 1.29 is 9.59 Å². The van der Waals surface area contributed by atoms with Gasteiger partial charge in [0.25, 0.3) is 0 Å². The fourth-order valence-corrected chi connectivity index (χ4v) is 5.14. The highest BCUT2D eigenvalue weighted by Gasteiger charge is 2.34. The molecule has 1 aliphatic rings. The summed E-state index contributed by atoms with van der Waals surface area (Å²) >= 11 is 2.94. The Labute approximate surface area is 175 Å². The molecule has 3 rings (SSSR count). The van der Waals surface area contributed by atoms with Crippen molar-refractivity contribution in [2.45, 2.75) is 32.3 Å². The molecule has 144 valence electrons. The molecule has 0 spiro atoms. The summed E-state index contributed by atoms with van der Waals surface area (Å²) < 4.78 is 0. The highest BCUT2D eigenvalue weighted by molar-refractivity contribution is 8.07. The van der Waals surface area contributed by atoms with Crippen molar-refractivity contribution in [2.24, 2.45) is 5.41 Å². The average molecular weight is 409 g/mol. The highest BCUT2D eigenvalue weighted by Crippen LogP contribution is 2.41. The Morgan fingerprint density at radius 3 is 1.64 bits per heavy atom. The molecule has 2 aromatic carbocycles. The van der Waals surface area contributed by atoms with Gasteiger partial charge >= 0.3 is 0 Å². The summed E-state index contributed by atoms with van der Waals surface area (Å²) in [5.41, 5.74) is 2.51. The lowest BCUT2D eigenvalue weighted by molar-refractivity contribution is -0.115. The second-order valence-corrected chi connectivity index (χ2v) is 9.68. The maximum atomic E-state index is 13.2. The number of benzene rings is 2. The third-order valence-corrected chi connectivity index (χ3v) is 6.87. The molecular formula is C24H24O2S2. The third kappa shape index (κ3) is 5.06. The van der Waals surface area contributed by atoms with E-state index in [1.54, 1.807) is 6.08 Å². The Morgan fingerprint density at radius 1 is 0.714 bits per heavy atom. The van der Waals surface area contributed by atoms with Crippen LogP contribution in [0.1, 0.15) is 31.9 Å².